The summed E-state index contributed by atoms with van der Waals surface area (Å²) in [6, 6.07) is 2.03. The third kappa shape index (κ3) is 2.47. The van der Waals surface area contributed by atoms with E-state index in [-0.39, 0.29) is 5.91 Å². The molecule has 1 aromatic rings. The van der Waals surface area contributed by atoms with Crippen molar-refractivity contribution in [3.05, 3.63) is 17.5 Å². The van der Waals surface area contributed by atoms with E-state index < -0.39 is 5.60 Å². The quantitative estimate of drug-likeness (QED) is 0.862. The second-order valence-electron chi connectivity index (χ2n) is 5.60. The van der Waals surface area contributed by atoms with Crippen LogP contribution in [-0.2, 0) is 16.2 Å². The van der Waals surface area contributed by atoms with Crippen molar-refractivity contribution in [2.75, 3.05) is 0 Å². The fourth-order valence-electron chi connectivity index (χ4n) is 2.27. The molecule has 0 bridgehead atoms. The molecule has 2 N–H and O–H groups in total. The minimum Gasteiger partial charge on any atom is -0.379 e. The van der Waals surface area contributed by atoms with Gasteiger partial charge in [-0.3, -0.25) is 9.89 Å². The number of nitrogens with one attached hydrogen (secondary N) is 2. The first kappa shape index (κ1) is 12.2. The number of nitrogens with zero attached hydrogens (tertiary/aromatic N) is 2. The summed E-state index contributed by atoms with van der Waals surface area (Å²) in [5.41, 5.74) is 2.00. The molecule has 0 radical (unpaired) electrons. The maximum Gasteiger partial charge on any atom is 0.267 e. The van der Waals surface area contributed by atoms with Gasteiger partial charge in [0.05, 0.1) is 23.6 Å². The predicted octanol–water partition coefficient (Wildman–Crippen LogP) is 1.46. The average molecular weight is 262 g/mol. The fraction of sp³-hybridized carbons (Fsp3) is 0.615. The van der Waals surface area contributed by atoms with Crippen LogP contribution in [0.3, 0.4) is 0 Å². The first-order valence-electron chi connectivity index (χ1n) is 6.61. The molecule has 2 heterocycles. The van der Waals surface area contributed by atoms with Crippen LogP contribution in [0.5, 0.6) is 0 Å². The summed E-state index contributed by atoms with van der Waals surface area (Å²) in [4.78, 5) is 17.3. The normalized spacial score (nSPS) is 25.9. The zero-order chi connectivity index (χ0) is 13.5. The van der Waals surface area contributed by atoms with E-state index in [9.17, 15) is 4.79 Å². The smallest absolute Gasteiger partial charge is 0.267 e. The van der Waals surface area contributed by atoms with Gasteiger partial charge in [-0.2, -0.15) is 5.10 Å². The molecule has 6 nitrogen and oxygen atoms in total. The summed E-state index contributed by atoms with van der Waals surface area (Å²) in [7, 11) is 0. The van der Waals surface area contributed by atoms with Gasteiger partial charge in [-0.25, -0.2) is 0 Å². The lowest BCUT2D eigenvalue weighted by atomic mass is 9.99. The second kappa shape index (κ2) is 4.36. The molecule has 1 aliphatic carbocycles. The van der Waals surface area contributed by atoms with Crippen LogP contribution >= 0.6 is 0 Å². The number of aromatic nitrogens is 2. The molecule has 2 aliphatic rings. The standard InChI is InChI=1S/C13H18N4O2/c1-8-6-13(2,19-17-8)12(18)14-7-10-5-11(16-15-10)9-3-4-9/h5,9H,3-4,6-7H2,1-2H3,(H,14,18)(H,15,16). The Hall–Kier alpha value is -1.85. The fourth-order valence-corrected chi connectivity index (χ4v) is 2.27. The topological polar surface area (TPSA) is 79.4 Å². The monoisotopic (exact) mass is 262 g/mol. The minimum atomic E-state index is -0.872. The molecule has 0 aromatic carbocycles. The molecule has 1 amide bonds. The molecule has 1 atom stereocenters. The van der Waals surface area contributed by atoms with E-state index in [1.807, 2.05) is 13.0 Å². The van der Waals surface area contributed by atoms with Gasteiger partial charge in [0.1, 0.15) is 0 Å². The Balaban J connectivity index is 1.55. The molecule has 0 spiro atoms. The van der Waals surface area contributed by atoms with E-state index in [1.54, 1.807) is 6.92 Å². The van der Waals surface area contributed by atoms with Crippen molar-refractivity contribution >= 4 is 11.6 Å². The largest absolute Gasteiger partial charge is 0.379 e. The lowest BCUT2D eigenvalue weighted by Gasteiger charge is -2.19. The Morgan fingerprint density at radius 2 is 2.42 bits per heavy atom. The highest BCUT2D eigenvalue weighted by atomic mass is 16.7. The van der Waals surface area contributed by atoms with Crippen molar-refractivity contribution in [1.82, 2.24) is 15.5 Å². The number of carbonyl (C=O) groups is 1. The first-order valence-corrected chi connectivity index (χ1v) is 6.61. The van der Waals surface area contributed by atoms with Crippen molar-refractivity contribution in [3.8, 4) is 0 Å². The van der Waals surface area contributed by atoms with Gasteiger partial charge < -0.3 is 10.2 Å². The highest BCUT2D eigenvalue weighted by Crippen LogP contribution is 2.38. The highest BCUT2D eigenvalue weighted by Gasteiger charge is 2.40. The predicted molar refractivity (Wildman–Crippen MR) is 69.6 cm³/mol. The van der Waals surface area contributed by atoms with Crippen LogP contribution in [0, 0.1) is 0 Å². The van der Waals surface area contributed by atoms with E-state index >= 15 is 0 Å². The van der Waals surface area contributed by atoms with E-state index in [2.05, 4.69) is 20.7 Å². The molecule has 6 heteroatoms. The zero-order valence-electron chi connectivity index (χ0n) is 11.2. The van der Waals surface area contributed by atoms with Gasteiger partial charge in [0.15, 0.2) is 0 Å². The van der Waals surface area contributed by atoms with Gasteiger partial charge in [-0.1, -0.05) is 5.16 Å². The third-order valence-corrected chi connectivity index (χ3v) is 3.56. The van der Waals surface area contributed by atoms with E-state index in [4.69, 9.17) is 4.84 Å². The number of hydrogen-bond acceptors (Lipinski definition) is 4. The number of rotatable bonds is 4. The molecular weight excluding hydrogens is 244 g/mol. The Morgan fingerprint density at radius 3 is 3.05 bits per heavy atom. The van der Waals surface area contributed by atoms with Crippen LogP contribution in [0.15, 0.2) is 11.2 Å². The molecule has 19 heavy (non-hydrogen) atoms. The van der Waals surface area contributed by atoms with Crippen LogP contribution in [0.1, 0.15) is 50.4 Å². The summed E-state index contributed by atoms with van der Waals surface area (Å²) in [5, 5.41) is 13.9. The van der Waals surface area contributed by atoms with Crippen LogP contribution in [0.2, 0.25) is 0 Å². The van der Waals surface area contributed by atoms with Crippen LogP contribution < -0.4 is 5.32 Å². The molecule has 3 rings (SSSR count). The van der Waals surface area contributed by atoms with Crippen molar-refractivity contribution < 1.29 is 9.63 Å². The Bertz CT molecular complexity index is 533. The molecule has 1 aromatic heterocycles. The van der Waals surface area contributed by atoms with Crippen LogP contribution in [-0.4, -0.2) is 27.4 Å². The van der Waals surface area contributed by atoms with E-state index in [0.717, 1.165) is 17.1 Å². The van der Waals surface area contributed by atoms with Crippen molar-refractivity contribution in [1.29, 1.82) is 0 Å². The Labute approximate surface area is 111 Å². The summed E-state index contributed by atoms with van der Waals surface area (Å²) >= 11 is 0. The van der Waals surface area contributed by atoms with Crippen LogP contribution in [0.4, 0.5) is 0 Å². The number of amides is 1. The summed E-state index contributed by atoms with van der Waals surface area (Å²) in [6.07, 6.45) is 2.98. The molecule has 1 aliphatic heterocycles. The molecule has 102 valence electrons. The van der Waals surface area contributed by atoms with Gasteiger partial charge in [0.2, 0.25) is 5.60 Å². The van der Waals surface area contributed by atoms with Gasteiger partial charge in [-0.15, -0.1) is 0 Å². The zero-order valence-corrected chi connectivity index (χ0v) is 11.2. The Kier molecular flexibility index (Phi) is 2.80. The van der Waals surface area contributed by atoms with E-state index in [1.165, 1.54) is 12.8 Å². The molecule has 0 saturated heterocycles. The molecule has 1 saturated carbocycles. The Morgan fingerprint density at radius 1 is 1.63 bits per heavy atom. The number of oxime groups is 1. The minimum absolute atomic E-state index is 0.143. The summed E-state index contributed by atoms with van der Waals surface area (Å²) in [5.74, 6) is 0.475. The van der Waals surface area contributed by atoms with E-state index in [0.29, 0.717) is 18.9 Å². The maximum atomic E-state index is 12.1. The summed E-state index contributed by atoms with van der Waals surface area (Å²) in [6.45, 7) is 4.05. The van der Waals surface area contributed by atoms with Crippen LogP contribution in [0.25, 0.3) is 0 Å². The third-order valence-electron chi connectivity index (χ3n) is 3.56. The number of hydrogen-bond donors (Lipinski definition) is 2. The number of aromatic amines is 1. The SMILES string of the molecule is CC1=NOC(C)(C(=O)NCc2cc(C3CC3)n[nH]2)C1. The van der Waals surface area contributed by atoms with Gasteiger partial charge in [0.25, 0.3) is 5.91 Å². The van der Waals surface area contributed by atoms with Gasteiger partial charge >= 0.3 is 0 Å². The first-order chi connectivity index (χ1) is 9.07. The molecular formula is C13H18N4O2. The molecule has 1 fully saturated rings. The lowest BCUT2D eigenvalue weighted by Crippen LogP contribution is -2.44. The van der Waals surface area contributed by atoms with Gasteiger partial charge in [-0.05, 0) is 32.8 Å². The summed E-state index contributed by atoms with van der Waals surface area (Å²) < 4.78 is 0. The highest BCUT2D eigenvalue weighted by molar-refractivity contribution is 5.94. The average Bonchev–Trinajstić information content (AvgIpc) is 3.02. The number of H-pyrrole nitrogens is 1. The number of carbonyl (C=O) groups excluding carboxylic acids is 1. The van der Waals surface area contributed by atoms with Crippen molar-refractivity contribution in [2.45, 2.75) is 51.2 Å². The second-order valence-corrected chi connectivity index (χ2v) is 5.60. The lowest BCUT2D eigenvalue weighted by molar-refractivity contribution is -0.141. The molecule has 1 unspecified atom stereocenters. The van der Waals surface area contributed by atoms with Crippen molar-refractivity contribution in [2.24, 2.45) is 5.16 Å². The maximum absolute atomic E-state index is 12.1. The van der Waals surface area contributed by atoms with Crippen molar-refractivity contribution in [3.63, 3.8) is 0 Å². The van der Waals surface area contributed by atoms with Gasteiger partial charge in [0, 0.05) is 12.3 Å².